The van der Waals surface area contributed by atoms with Gasteiger partial charge in [0.15, 0.2) is 11.6 Å². The molecule has 6 nitrogen and oxygen atoms in total. The van der Waals surface area contributed by atoms with Gasteiger partial charge in [-0.15, -0.1) is 0 Å². The van der Waals surface area contributed by atoms with Gasteiger partial charge in [-0.2, -0.15) is 9.97 Å². The molecule has 0 aliphatic rings. The Kier molecular flexibility index (Phi) is 7.50. The number of aromatic nitrogens is 6. The molecule has 13 aromatic rings. The molecule has 288 valence electrons. The van der Waals surface area contributed by atoms with E-state index in [4.69, 9.17) is 19.9 Å². The van der Waals surface area contributed by atoms with Crippen LogP contribution in [-0.2, 0) is 0 Å². The lowest BCUT2D eigenvalue weighted by atomic mass is 9.91. The van der Waals surface area contributed by atoms with E-state index in [2.05, 4.69) is 155 Å². The number of rotatable bonds is 5. The van der Waals surface area contributed by atoms with Gasteiger partial charge >= 0.3 is 0 Å². The maximum absolute atomic E-state index is 5.15. The van der Waals surface area contributed by atoms with Crippen molar-refractivity contribution in [2.24, 2.45) is 0 Å². The van der Waals surface area contributed by atoms with Crippen LogP contribution >= 0.6 is 0 Å². The number of nitrogens with zero attached hydrogens (tertiary/aromatic N) is 6. The summed E-state index contributed by atoms with van der Waals surface area (Å²) in [6.07, 6.45) is 2.07. The Labute approximate surface area is 355 Å². The average molecular weight is 791 g/mol. The van der Waals surface area contributed by atoms with E-state index in [0.717, 1.165) is 66.0 Å². The lowest BCUT2D eigenvalue weighted by molar-refractivity contribution is 0.953. The molecule has 0 amide bonds. The van der Waals surface area contributed by atoms with E-state index in [-0.39, 0.29) is 0 Å². The molecule has 6 heteroatoms. The van der Waals surface area contributed by atoms with E-state index in [1.54, 1.807) is 0 Å². The van der Waals surface area contributed by atoms with Gasteiger partial charge in [0.2, 0.25) is 5.95 Å². The van der Waals surface area contributed by atoms with Crippen molar-refractivity contribution >= 4 is 76.1 Å². The highest BCUT2D eigenvalue weighted by molar-refractivity contribution is 6.26. The quantitative estimate of drug-likeness (QED) is 0.163. The molecule has 0 saturated carbocycles. The monoisotopic (exact) mass is 790 g/mol. The minimum absolute atomic E-state index is 0.571. The van der Waals surface area contributed by atoms with E-state index < -0.39 is 0 Å². The van der Waals surface area contributed by atoms with E-state index in [1.165, 1.54) is 38.0 Å². The average Bonchev–Trinajstić information content (AvgIpc) is 3.85. The van der Waals surface area contributed by atoms with Gasteiger partial charge < -0.3 is 4.57 Å². The van der Waals surface area contributed by atoms with Gasteiger partial charge in [-0.3, -0.25) is 9.55 Å². The Morgan fingerprint density at radius 1 is 0.339 bits per heavy atom. The van der Waals surface area contributed by atoms with Crippen LogP contribution in [0.25, 0.3) is 122 Å². The molecule has 0 N–H and O–H groups in total. The molecular formula is C56H34N6. The minimum atomic E-state index is 0.571. The zero-order valence-electron chi connectivity index (χ0n) is 33.3. The number of fused-ring (bicyclic) bond motifs is 11. The third kappa shape index (κ3) is 5.23. The highest BCUT2D eigenvalue weighted by Crippen LogP contribution is 2.43. The van der Waals surface area contributed by atoms with Crippen LogP contribution in [0.1, 0.15) is 0 Å². The summed E-state index contributed by atoms with van der Waals surface area (Å²) >= 11 is 0. The summed E-state index contributed by atoms with van der Waals surface area (Å²) in [5, 5.41) is 10.5. The van der Waals surface area contributed by atoms with Crippen LogP contribution in [0, 0.1) is 0 Å². The first kappa shape index (κ1) is 34.4. The van der Waals surface area contributed by atoms with Gasteiger partial charge in [0.05, 0.1) is 27.6 Å². The van der Waals surface area contributed by atoms with Crippen LogP contribution in [0.4, 0.5) is 0 Å². The molecule has 0 aliphatic heterocycles. The van der Waals surface area contributed by atoms with Crippen molar-refractivity contribution in [2.45, 2.75) is 0 Å². The van der Waals surface area contributed by atoms with Crippen molar-refractivity contribution in [3.8, 4) is 45.5 Å². The molecule has 0 saturated heterocycles. The van der Waals surface area contributed by atoms with E-state index in [9.17, 15) is 0 Å². The molecule has 62 heavy (non-hydrogen) atoms. The van der Waals surface area contributed by atoms with Crippen molar-refractivity contribution in [3.05, 3.63) is 206 Å². The van der Waals surface area contributed by atoms with Gasteiger partial charge in [-0.25, -0.2) is 4.98 Å². The molecular weight excluding hydrogens is 757 g/mol. The van der Waals surface area contributed by atoms with Crippen molar-refractivity contribution in [1.29, 1.82) is 0 Å². The van der Waals surface area contributed by atoms with Gasteiger partial charge in [0.1, 0.15) is 0 Å². The Morgan fingerprint density at radius 3 is 1.60 bits per heavy atom. The SMILES string of the molecule is c1ccc(-c2nc(-c3ccccc3)nc(-n3c4ccccc4c4cc(-c5cc6cc7c8ccccc8n(-c8ccccc8)c7cc6c6c5cnc5ccccc56)ccc43)n2)cc1. The molecule has 4 heterocycles. The Bertz CT molecular complexity index is 3850. The van der Waals surface area contributed by atoms with Gasteiger partial charge in [-0.1, -0.05) is 140 Å². The lowest BCUT2D eigenvalue weighted by Gasteiger charge is -2.15. The zero-order chi connectivity index (χ0) is 40.7. The second-order valence-corrected chi connectivity index (χ2v) is 15.9. The molecule has 0 radical (unpaired) electrons. The molecule has 4 aromatic heterocycles. The molecule has 0 atom stereocenters. The van der Waals surface area contributed by atoms with Crippen LogP contribution in [-0.4, -0.2) is 29.1 Å². The largest absolute Gasteiger partial charge is 0.309 e. The van der Waals surface area contributed by atoms with Gasteiger partial charge in [0.25, 0.3) is 0 Å². The topological polar surface area (TPSA) is 61.4 Å². The maximum Gasteiger partial charge on any atom is 0.238 e. The summed E-state index contributed by atoms with van der Waals surface area (Å²) in [7, 11) is 0. The van der Waals surface area contributed by atoms with Crippen molar-refractivity contribution in [1.82, 2.24) is 29.1 Å². The second kappa shape index (κ2) is 13.5. The Balaban J connectivity index is 1.08. The third-order valence-corrected chi connectivity index (χ3v) is 12.4. The van der Waals surface area contributed by atoms with E-state index in [0.29, 0.717) is 17.6 Å². The number of pyridine rings is 1. The summed E-state index contributed by atoms with van der Waals surface area (Å²) in [5.74, 6) is 1.82. The number of hydrogen-bond acceptors (Lipinski definition) is 4. The summed E-state index contributed by atoms with van der Waals surface area (Å²) < 4.78 is 4.58. The summed E-state index contributed by atoms with van der Waals surface area (Å²) in [6, 6.07) is 70.7. The number of benzene rings is 9. The minimum Gasteiger partial charge on any atom is -0.309 e. The Morgan fingerprint density at radius 2 is 0.903 bits per heavy atom. The normalized spacial score (nSPS) is 11.9. The van der Waals surface area contributed by atoms with E-state index in [1.807, 2.05) is 60.7 Å². The van der Waals surface area contributed by atoms with Crippen LogP contribution < -0.4 is 0 Å². The summed E-state index contributed by atoms with van der Waals surface area (Å²) in [5.41, 5.74) is 10.6. The van der Waals surface area contributed by atoms with Crippen molar-refractivity contribution < 1.29 is 0 Å². The van der Waals surface area contributed by atoms with Crippen LogP contribution in [0.3, 0.4) is 0 Å². The van der Waals surface area contributed by atoms with Gasteiger partial charge in [-0.05, 0) is 82.6 Å². The number of para-hydroxylation sites is 4. The fourth-order valence-electron chi connectivity index (χ4n) is 9.58. The van der Waals surface area contributed by atoms with Crippen LogP contribution in [0.5, 0.6) is 0 Å². The predicted molar refractivity (Wildman–Crippen MR) is 255 cm³/mol. The predicted octanol–water partition coefficient (Wildman–Crippen LogP) is 13.9. The first-order valence-electron chi connectivity index (χ1n) is 20.9. The summed E-state index contributed by atoms with van der Waals surface area (Å²) in [4.78, 5) is 20.3. The van der Waals surface area contributed by atoms with Crippen LogP contribution in [0.2, 0.25) is 0 Å². The fraction of sp³-hybridized carbons (Fsp3) is 0. The summed E-state index contributed by atoms with van der Waals surface area (Å²) in [6.45, 7) is 0. The fourth-order valence-corrected chi connectivity index (χ4v) is 9.58. The number of hydrogen-bond donors (Lipinski definition) is 0. The lowest BCUT2D eigenvalue weighted by Crippen LogP contribution is -2.06. The van der Waals surface area contributed by atoms with Crippen molar-refractivity contribution in [2.75, 3.05) is 0 Å². The Hall–Kier alpha value is -8.48. The molecule has 0 bridgehead atoms. The first-order chi connectivity index (χ1) is 30.7. The first-order valence-corrected chi connectivity index (χ1v) is 20.9. The van der Waals surface area contributed by atoms with Crippen LogP contribution in [0.15, 0.2) is 206 Å². The molecule has 0 unspecified atom stereocenters. The molecule has 9 aromatic carbocycles. The smallest absolute Gasteiger partial charge is 0.238 e. The zero-order valence-corrected chi connectivity index (χ0v) is 33.3. The highest BCUT2D eigenvalue weighted by Gasteiger charge is 2.21. The highest BCUT2D eigenvalue weighted by atomic mass is 15.2. The standard InChI is InChI=1S/C56H34N6/c1-4-16-35(17-5-1)54-58-55(36-18-6-2-7-19-36)60-56(59-54)62-50-27-15-12-22-40(50)45-30-37(28-29-51(45)62)43-31-38-32-46-41-23-11-14-26-49(41)61(39-20-8-3-9-21-39)52(46)33-44(38)53-42-24-10-13-25-48(42)57-34-47(43)53/h1-34H. The molecule has 13 rings (SSSR count). The molecule has 0 aliphatic carbocycles. The molecule has 0 spiro atoms. The third-order valence-electron chi connectivity index (χ3n) is 12.4. The second-order valence-electron chi connectivity index (χ2n) is 15.9. The van der Waals surface area contributed by atoms with Crippen molar-refractivity contribution in [3.63, 3.8) is 0 Å². The maximum atomic E-state index is 5.15. The van der Waals surface area contributed by atoms with Gasteiger partial charge in [0, 0.05) is 60.7 Å². The molecule has 0 fully saturated rings. The van der Waals surface area contributed by atoms with E-state index >= 15 is 0 Å².